The van der Waals surface area contributed by atoms with Gasteiger partial charge in [-0.05, 0) is 45.4 Å². The van der Waals surface area contributed by atoms with Gasteiger partial charge in [0.15, 0.2) is 11.8 Å². The molecule has 3 N–H and O–H groups in total. The van der Waals surface area contributed by atoms with Gasteiger partial charge in [0.1, 0.15) is 12.3 Å². The van der Waals surface area contributed by atoms with Crippen molar-refractivity contribution in [1.29, 1.82) is 0 Å². The summed E-state index contributed by atoms with van der Waals surface area (Å²) in [5.74, 6) is 2.38. The quantitative estimate of drug-likeness (QED) is 0.487. The summed E-state index contributed by atoms with van der Waals surface area (Å²) >= 11 is 0. The monoisotopic (exact) mass is 361 g/mol. The van der Waals surface area contributed by atoms with Crippen LogP contribution >= 0.6 is 0 Å². The molecular formula is C18H27N5O3. The molecule has 0 aliphatic heterocycles. The van der Waals surface area contributed by atoms with E-state index >= 15 is 0 Å². The summed E-state index contributed by atoms with van der Waals surface area (Å²) in [5.41, 5.74) is 0.803. The second kappa shape index (κ2) is 9.76. The predicted molar refractivity (Wildman–Crippen MR) is 99.0 cm³/mol. The third kappa shape index (κ3) is 6.36. The number of hydrogen-bond donors (Lipinski definition) is 3. The molecule has 0 spiro atoms. The van der Waals surface area contributed by atoms with Crippen LogP contribution in [0.1, 0.15) is 44.2 Å². The van der Waals surface area contributed by atoms with Gasteiger partial charge in [0, 0.05) is 13.1 Å². The maximum atomic E-state index is 10.4. The van der Waals surface area contributed by atoms with Crippen molar-refractivity contribution in [3.8, 4) is 5.75 Å². The second-order valence-corrected chi connectivity index (χ2v) is 6.06. The highest BCUT2D eigenvalue weighted by atomic mass is 16.5. The van der Waals surface area contributed by atoms with Crippen molar-refractivity contribution in [1.82, 2.24) is 20.8 Å². The molecule has 1 aromatic carbocycles. The van der Waals surface area contributed by atoms with E-state index in [1.165, 1.54) is 0 Å². The van der Waals surface area contributed by atoms with E-state index in [0.717, 1.165) is 11.3 Å². The number of ether oxygens (including phenoxy) is 1. The molecule has 8 nitrogen and oxygen atoms in total. The number of aromatic nitrogens is 2. The minimum absolute atomic E-state index is 0.119. The van der Waals surface area contributed by atoms with Crippen molar-refractivity contribution in [2.45, 2.75) is 46.4 Å². The third-order valence-corrected chi connectivity index (χ3v) is 3.39. The molecule has 1 unspecified atom stereocenters. The fraction of sp³-hybridized carbons (Fsp3) is 0.500. The first-order valence-corrected chi connectivity index (χ1v) is 8.74. The Bertz CT molecular complexity index is 697. The van der Waals surface area contributed by atoms with Crippen molar-refractivity contribution in [2.75, 3.05) is 13.1 Å². The molecule has 8 heteroatoms. The first-order chi connectivity index (χ1) is 12.5. The SMILES string of the molecule is CCNC(=NCc1nc(C)no1)NCC(O)c1ccc(OC(C)C)cc1. The first-order valence-electron chi connectivity index (χ1n) is 8.74. The van der Waals surface area contributed by atoms with Crippen LogP contribution in [0, 0.1) is 6.92 Å². The van der Waals surface area contributed by atoms with Gasteiger partial charge in [-0.3, -0.25) is 0 Å². The number of aliphatic hydroxyl groups is 1. The number of aliphatic imine (C=N–C) groups is 1. The van der Waals surface area contributed by atoms with Crippen molar-refractivity contribution >= 4 is 5.96 Å². The summed E-state index contributed by atoms with van der Waals surface area (Å²) in [5, 5.41) is 20.3. The van der Waals surface area contributed by atoms with Gasteiger partial charge in [-0.25, -0.2) is 4.99 Å². The molecule has 0 bridgehead atoms. The van der Waals surface area contributed by atoms with Gasteiger partial charge in [0.05, 0.1) is 12.2 Å². The van der Waals surface area contributed by atoms with E-state index in [1.807, 2.05) is 45.0 Å². The van der Waals surface area contributed by atoms with Crippen molar-refractivity contribution in [2.24, 2.45) is 4.99 Å². The number of hydrogen-bond acceptors (Lipinski definition) is 6. The predicted octanol–water partition coefficient (Wildman–Crippen LogP) is 1.95. The Morgan fingerprint density at radius 1 is 1.27 bits per heavy atom. The fourth-order valence-electron chi connectivity index (χ4n) is 2.24. The number of rotatable bonds is 8. The maximum absolute atomic E-state index is 10.4. The van der Waals surface area contributed by atoms with Gasteiger partial charge in [-0.15, -0.1) is 0 Å². The molecule has 1 atom stereocenters. The molecule has 0 radical (unpaired) electrons. The Labute approximate surface area is 153 Å². The maximum Gasteiger partial charge on any atom is 0.248 e. The number of aryl methyl sites for hydroxylation is 1. The average molecular weight is 361 g/mol. The Morgan fingerprint density at radius 2 is 2.00 bits per heavy atom. The van der Waals surface area contributed by atoms with Gasteiger partial charge in [-0.1, -0.05) is 17.3 Å². The number of aliphatic hydroxyl groups excluding tert-OH is 1. The Balaban J connectivity index is 1.90. The minimum Gasteiger partial charge on any atom is -0.491 e. The summed E-state index contributed by atoms with van der Waals surface area (Å²) < 4.78 is 10.6. The van der Waals surface area contributed by atoms with Crippen molar-refractivity contribution in [3.05, 3.63) is 41.5 Å². The molecule has 142 valence electrons. The zero-order valence-electron chi connectivity index (χ0n) is 15.7. The van der Waals surface area contributed by atoms with Gasteiger partial charge < -0.3 is 25.0 Å². The van der Waals surface area contributed by atoms with E-state index in [-0.39, 0.29) is 12.6 Å². The highest BCUT2D eigenvalue weighted by molar-refractivity contribution is 5.79. The average Bonchev–Trinajstić information content (AvgIpc) is 3.02. The lowest BCUT2D eigenvalue weighted by molar-refractivity contribution is 0.180. The van der Waals surface area contributed by atoms with Crippen LogP contribution in [-0.2, 0) is 6.54 Å². The van der Waals surface area contributed by atoms with Crippen LogP contribution < -0.4 is 15.4 Å². The minimum atomic E-state index is -0.669. The zero-order chi connectivity index (χ0) is 18.9. The fourth-order valence-corrected chi connectivity index (χ4v) is 2.24. The van der Waals surface area contributed by atoms with E-state index < -0.39 is 6.10 Å². The lowest BCUT2D eigenvalue weighted by Crippen LogP contribution is -2.39. The normalized spacial score (nSPS) is 12.9. The topological polar surface area (TPSA) is 105 Å². The zero-order valence-corrected chi connectivity index (χ0v) is 15.7. The number of benzene rings is 1. The standard InChI is InChI=1S/C18H27N5O3/c1-5-19-18(21-11-17-22-13(4)23-26-17)20-10-16(24)14-6-8-15(9-7-14)25-12(2)3/h6-9,12,16,24H,5,10-11H2,1-4H3,(H2,19,20,21). The molecular weight excluding hydrogens is 334 g/mol. The number of nitrogens with zero attached hydrogens (tertiary/aromatic N) is 3. The van der Waals surface area contributed by atoms with E-state index in [1.54, 1.807) is 6.92 Å². The largest absolute Gasteiger partial charge is 0.491 e. The highest BCUT2D eigenvalue weighted by Crippen LogP contribution is 2.18. The number of nitrogens with one attached hydrogen (secondary N) is 2. The molecule has 2 rings (SSSR count). The Morgan fingerprint density at radius 3 is 2.58 bits per heavy atom. The Kier molecular flexibility index (Phi) is 7.40. The van der Waals surface area contributed by atoms with Crippen molar-refractivity contribution < 1.29 is 14.4 Å². The van der Waals surface area contributed by atoms with Crippen LogP contribution in [0.3, 0.4) is 0 Å². The van der Waals surface area contributed by atoms with Crippen molar-refractivity contribution in [3.63, 3.8) is 0 Å². The summed E-state index contributed by atoms with van der Waals surface area (Å²) in [6.45, 7) is 8.97. The summed E-state index contributed by atoms with van der Waals surface area (Å²) in [4.78, 5) is 8.49. The molecule has 1 aromatic heterocycles. The second-order valence-electron chi connectivity index (χ2n) is 6.06. The third-order valence-electron chi connectivity index (χ3n) is 3.39. The summed E-state index contributed by atoms with van der Waals surface area (Å²) in [7, 11) is 0. The lowest BCUT2D eigenvalue weighted by Gasteiger charge is -2.16. The van der Waals surface area contributed by atoms with E-state index in [9.17, 15) is 5.11 Å². The molecule has 1 heterocycles. The van der Waals surface area contributed by atoms with Crippen LogP contribution in [0.2, 0.25) is 0 Å². The molecule has 0 saturated carbocycles. The number of guanidine groups is 1. The van der Waals surface area contributed by atoms with E-state index in [4.69, 9.17) is 9.26 Å². The van der Waals surface area contributed by atoms with Gasteiger partial charge >= 0.3 is 0 Å². The first kappa shape index (κ1) is 19.7. The van der Waals surface area contributed by atoms with Crippen LogP contribution in [0.5, 0.6) is 5.75 Å². The summed E-state index contributed by atoms with van der Waals surface area (Å²) in [6, 6.07) is 7.43. The molecule has 0 saturated heterocycles. The molecule has 2 aromatic rings. The molecule has 0 amide bonds. The van der Waals surface area contributed by atoms with E-state index in [0.29, 0.717) is 30.8 Å². The Hall–Kier alpha value is -2.61. The van der Waals surface area contributed by atoms with Crippen LogP contribution in [-0.4, -0.2) is 40.4 Å². The lowest BCUT2D eigenvalue weighted by atomic mass is 10.1. The van der Waals surface area contributed by atoms with Gasteiger partial charge in [-0.2, -0.15) is 4.98 Å². The molecule has 26 heavy (non-hydrogen) atoms. The van der Waals surface area contributed by atoms with Crippen LogP contribution in [0.4, 0.5) is 0 Å². The molecule has 0 aliphatic carbocycles. The van der Waals surface area contributed by atoms with Gasteiger partial charge in [0.2, 0.25) is 5.89 Å². The highest BCUT2D eigenvalue weighted by Gasteiger charge is 2.10. The van der Waals surface area contributed by atoms with Gasteiger partial charge in [0.25, 0.3) is 0 Å². The molecule has 0 aliphatic rings. The van der Waals surface area contributed by atoms with E-state index in [2.05, 4.69) is 25.8 Å². The molecule has 0 fully saturated rings. The summed E-state index contributed by atoms with van der Waals surface area (Å²) in [6.07, 6.45) is -0.549. The smallest absolute Gasteiger partial charge is 0.248 e. The van der Waals surface area contributed by atoms with Crippen LogP contribution in [0.15, 0.2) is 33.8 Å². The van der Waals surface area contributed by atoms with Crippen LogP contribution in [0.25, 0.3) is 0 Å².